The number of hydrogen-bond donors (Lipinski definition) is 0. The Bertz CT molecular complexity index is 142. The number of ether oxygens (including phenoxy) is 2. The van der Waals surface area contributed by atoms with E-state index in [1.807, 2.05) is 0 Å². The first-order chi connectivity index (χ1) is 4.45. The Morgan fingerprint density at radius 2 is 2.00 bits per heavy atom. The van der Waals surface area contributed by atoms with Gasteiger partial charge < -0.3 is 9.47 Å². The highest BCUT2D eigenvalue weighted by molar-refractivity contribution is 5.02. The van der Waals surface area contributed by atoms with Gasteiger partial charge in [0, 0.05) is 5.92 Å². The van der Waals surface area contributed by atoms with Gasteiger partial charge in [-0.1, -0.05) is 0 Å². The fourth-order valence-corrected chi connectivity index (χ4v) is 1.99. The van der Waals surface area contributed by atoms with Crippen LogP contribution in [0.3, 0.4) is 0 Å². The predicted octanol–water partition coefficient (Wildman–Crippen LogP) is 0.563. The van der Waals surface area contributed by atoms with Crippen LogP contribution in [0.2, 0.25) is 0 Å². The molecule has 0 aromatic rings. The summed E-state index contributed by atoms with van der Waals surface area (Å²) < 4.78 is 10.6. The Morgan fingerprint density at radius 3 is 2.44 bits per heavy atom. The molecule has 3 aliphatic rings. The molecule has 2 saturated heterocycles. The molecule has 2 nitrogen and oxygen atoms in total. The van der Waals surface area contributed by atoms with Crippen LogP contribution in [0, 0.1) is 5.92 Å². The maximum absolute atomic E-state index is 5.39. The molecule has 0 amide bonds. The third kappa shape index (κ3) is 0.578. The first-order valence-electron chi connectivity index (χ1n) is 3.72. The molecule has 3 rings (SSSR count). The maximum Gasteiger partial charge on any atom is 0.0895 e. The Kier molecular flexibility index (Phi) is 0.691. The van der Waals surface area contributed by atoms with Crippen LogP contribution in [-0.4, -0.2) is 24.9 Å². The number of rotatable bonds is 1. The highest BCUT2D eigenvalue weighted by Gasteiger charge is 2.55. The molecule has 9 heavy (non-hydrogen) atoms. The molecule has 0 spiro atoms. The molecule has 0 radical (unpaired) electrons. The largest absolute Gasteiger partial charge is 0.373 e. The second-order valence-corrected chi connectivity index (χ2v) is 3.25. The Morgan fingerprint density at radius 1 is 1.11 bits per heavy atom. The minimum atomic E-state index is 0.586. The van der Waals surface area contributed by atoms with E-state index in [9.17, 15) is 0 Å². The van der Waals surface area contributed by atoms with Crippen molar-refractivity contribution < 1.29 is 9.47 Å². The average Bonchev–Trinajstić information content (AvgIpc) is 2.74. The van der Waals surface area contributed by atoms with Gasteiger partial charge in [0.1, 0.15) is 0 Å². The lowest BCUT2D eigenvalue weighted by atomic mass is 10.0. The summed E-state index contributed by atoms with van der Waals surface area (Å²) in [5.41, 5.74) is 0. The van der Waals surface area contributed by atoms with Gasteiger partial charge in [-0.3, -0.25) is 0 Å². The second kappa shape index (κ2) is 1.32. The molecule has 2 heteroatoms. The van der Waals surface area contributed by atoms with Crippen molar-refractivity contribution in [2.75, 3.05) is 6.61 Å². The lowest BCUT2D eigenvalue weighted by Crippen LogP contribution is -2.10. The SMILES string of the molecule is C1OC1C1CCC2OC21. The van der Waals surface area contributed by atoms with Crippen LogP contribution in [0.5, 0.6) is 0 Å². The summed E-state index contributed by atoms with van der Waals surface area (Å²) in [5.74, 6) is 0.773. The van der Waals surface area contributed by atoms with E-state index in [1.165, 1.54) is 12.8 Å². The Labute approximate surface area is 54.1 Å². The maximum atomic E-state index is 5.39. The molecule has 3 fully saturated rings. The zero-order valence-electron chi connectivity index (χ0n) is 5.25. The fourth-order valence-electron chi connectivity index (χ4n) is 1.99. The van der Waals surface area contributed by atoms with Crippen molar-refractivity contribution in [2.45, 2.75) is 31.2 Å². The van der Waals surface area contributed by atoms with Crippen molar-refractivity contribution in [3.05, 3.63) is 0 Å². The average molecular weight is 126 g/mol. The van der Waals surface area contributed by atoms with Gasteiger partial charge in [0.05, 0.1) is 24.9 Å². The summed E-state index contributed by atoms with van der Waals surface area (Å²) in [7, 11) is 0. The van der Waals surface area contributed by atoms with Crippen molar-refractivity contribution in [3.8, 4) is 0 Å². The van der Waals surface area contributed by atoms with Crippen molar-refractivity contribution in [1.29, 1.82) is 0 Å². The molecular weight excluding hydrogens is 116 g/mol. The minimum Gasteiger partial charge on any atom is -0.373 e. The Hall–Kier alpha value is -0.0800. The summed E-state index contributed by atoms with van der Waals surface area (Å²) >= 11 is 0. The van der Waals surface area contributed by atoms with Gasteiger partial charge in [0.25, 0.3) is 0 Å². The summed E-state index contributed by atoms with van der Waals surface area (Å²) in [6, 6.07) is 0. The van der Waals surface area contributed by atoms with Crippen molar-refractivity contribution in [3.63, 3.8) is 0 Å². The molecular formula is C7H10O2. The first kappa shape index (κ1) is 4.69. The van der Waals surface area contributed by atoms with Gasteiger partial charge in [0.2, 0.25) is 0 Å². The zero-order valence-corrected chi connectivity index (χ0v) is 5.25. The highest BCUT2D eigenvalue weighted by Crippen LogP contribution is 2.47. The van der Waals surface area contributed by atoms with Gasteiger partial charge in [-0.2, -0.15) is 0 Å². The number of hydrogen-bond acceptors (Lipinski definition) is 2. The smallest absolute Gasteiger partial charge is 0.0895 e. The quantitative estimate of drug-likeness (QED) is 0.480. The van der Waals surface area contributed by atoms with Gasteiger partial charge in [-0.25, -0.2) is 0 Å². The lowest BCUT2D eigenvalue weighted by molar-refractivity contribution is 0.226. The van der Waals surface area contributed by atoms with Gasteiger partial charge >= 0.3 is 0 Å². The van der Waals surface area contributed by atoms with E-state index in [2.05, 4.69) is 0 Å². The number of epoxide rings is 2. The zero-order chi connectivity index (χ0) is 5.84. The van der Waals surface area contributed by atoms with E-state index in [4.69, 9.17) is 9.47 Å². The van der Waals surface area contributed by atoms with E-state index in [0.29, 0.717) is 18.3 Å². The van der Waals surface area contributed by atoms with Crippen molar-refractivity contribution >= 4 is 0 Å². The standard InChI is InChI=1S/C7H10O2/c1-2-5-7(9-5)4(1)6-3-8-6/h4-7H,1-3H2. The topological polar surface area (TPSA) is 25.1 Å². The molecule has 1 saturated carbocycles. The van der Waals surface area contributed by atoms with Crippen LogP contribution in [0.1, 0.15) is 12.8 Å². The van der Waals surface area contributed by atoms with E-state index in [-0.39, 0.29) is 0 Å². The van der Waals surface area contributed by atoms with Crippen LogP contribution < -0.4 is 0 Å². The second-order valence-electron chi connectivity index (χ2n) is 3.25. The predicted molar refractivity (Wildman–Crippen MR) is 31.1 cm³/mol. The molecule has 0 N–H and O–H groups in total. The van der Waals surface area contributed by atoms with Crippen LogP contribution in [0.4, 0.5) is 0 Å². The van der Waals surface area contributed by atoms with E-state index >= 15 is 0 Å². The highest BCUT2D eigenvalue weighted by atomic mass is 16.6. The molecule has 0 aromatic carbocycles. The van der Waals surface area contributed by atoms with E-state index in [1.54, 1.807) is 0 Å². The van der Waals surface area contributed by atoms with Crippen molar-refractivity contribution in [1.82, 2.24) is 0 Å². The summed E-state index contributed by atoms with van der Waals surface area (Å²) in [5, 5.41) is 0. The van der Waals surface area contributed by atoms with Gasteiger partial charge in [-0.05, 0) is 12.8 Å². The molecule has 1 aliphatic carbocycles. The summed E-state index contributed by atoms with van der Waals surface area (Å²) in [6.07, 6.45) is 4.47. The summed E-state index contributed by atoms with van der Waals surface area (Å²) in [6.45, 7) is 0.997. The van der Waals surface area contributed by atoms with Crippen LogP contribution in [0.25, 0.3) is 0 Å². The van der Waals surface area contributed by atoms with Gasteiger partial charge in [0.15, 0.2) is 0 Å². The lowest BCUT2D eigenvalue weighted by Gasteiger charge is -2.03. The molecule has 4 unspecified atom stereocenters. The summed E-state index contributed by atoms with van der Waals surface area (Å²) in [4.78, 5) is 0. The van der Waals surface area contributed by atoms with Crippen molar-refractivity contribution in [2.24, 2.45) is 5.92 Å². The third-order valence-corrected chi connectivity index (χ3v) is 2.66. The van der Waals surface area contributed by atoms with Crippen LogP contribution in [-0.2, 0) is 9.47 Å². The molecule has 2 heterocycles. The molecule has 0 bridgehead atoms. The molecule has 2 aliphatic heterocycles. The van der Waals surface area contributed by atoms with Crippen LogP contribution >= 0.6 is 0 Å². The molecule has 4 atom stereocenters. The number of fused-ring (bicyclic) bond motifs is 1. The monoisotopic (exact) mass is 126 g/mol. The molecule has 50 valence electrons. The fraction of sp³-hybridized carbons (Fsp3) is 1.00. The molecule has 0 aromatic heterocycles. The van der Waals surface area contributed by atoms with Crippen LogP contribution in [0.15, 0.2) is 0 Å². The van der Waals surface area contributed by atoms with E-state index in [0.717, 1.165) is 12.5 Å². The van der Waals surface area contributed by atoms with E-state index < -0.39 is 0 Å². The normalized spacial score (nSPS) is 61.3. The Balaban J connectivity index is 1.76. The minimum absolute atomic E-state index is 0.586. The first-order valence-corrected chi connectivity index (χ1v) is 3.72. The third-order valence-electron chi connectivity index (χ3n) is 2.66. The van der Waals surface area contributed by atoms with Gasteiger partial charge in [-0.15, -0.1) is 0 Å².